The molecule has 0 aliphatic carbocycles. The van der Waals surface area contributed by atoms with E-state index >= 15 is 0 Å². The number of hydrogen-bond donors (Lipinski definition) is 0. The van der Waals surface area contributed by atoms with Crippen LogP contribution >= 0.6 is 23.2 Å². The molecule has 0 aliphatic heterocycles. The molecule has 0 saturated heterocycles. The summed E-state index contributed by atoms with van der Waals surface area (Å²) in [5, 5.41) is 3.97. The number of carbonyl (C=O) groups excluding carboxylic acids is 1. The number of ether oxygens (including phenoxy) is 1. The van der Waals surface area contributed by atoms with Gasteiger partial charge in [-0.05, 0) is 19.1 Å². The fourth-order valence-electron chi connectivity index (χ4n) is 2.51. The highest BCUT2D eigenvalue weighted by atomic mass is 35.5. The summed E-state index contributed by atoms with van der Waals surface area (Å²) in [5.41, 5.74) is -2.28. The highest BCUT2D eigenvalue weighted by Crippen LogP contribution is 2.42. The van der Waals surface area contributed by atoms with Crippen LogP contribution in [0.3, 0.4) is 0 Å². The number of aromatic nitrogens is 3. The van der Waals surface area contributed by atoms with Crippen molar-refractivity contribution in [3.63, 3.8) is 0 Å². The van der Waals surface area contributed by atoms with Crippen LogP contribution in [0.5, 0.6) is 0 Å². The highest BCUT2D eigenvalue weighted by Gasteiger charge is 2.39. The van der Waals surface area contributed by atoms with Crippen molar-refractivity contribution in [2.24, 2.45) is 0 Å². The van der Waals surface area contributed by atoms with Crippen molar-refractivity contribution in [3.8, 4) is 22.6 Å². The normalized spacial score (nSPS) is 11.5. The van der Waals surface area contributed by atoms with Crippen molar-refractivity contribution in [2.45, 2.75) is 13.1 Å². The second kappa shape index (κ2) is 7.40. The summed E-state index contributed by atoms with van der Waals surface area (Å²) in [6.07, 6.45) is -3.93. The van der Waals surface area contributed by atoms with Gasteiger partial charge in [0.25, 0.3) is 0 Å². The summed E-state index contributed by atoms with van der Waals surface area (Å²) in [5.74, 6) is -1.61. The molecule has 6 nitrogen and oxygen atoms in total. The van der Waals surface area contributed by atoms with Gasteiger partial charge in [-0.1, -0.05) is 34.4 Å². The first-order valence-corrected chi connectivity index (χ1v) is 8.34. The van der Waals surface area contributed by atoms with Gasteiger partial charge >= 0.3 is 12.1 Å². The van der Waals surface area contributed by atoms with Crippen LogP contribution in [0.15, 0.2) is 28.9 Å². The fraction of sp³-hybridized carbons (Fsp3) is 0.176. The van der Waals surface area contributed by atoms with E-state index in [1.54, 1.807) is 6.07 Å². The molecule has 146 valence electrons. The van der Waals surface area contributed by atoms with Crippen molar-refractivity contribution in [1.82, 2.24) is 15.1 Å². The SMILES string of the molecule is COC(=O)c1c(-c2c(Cl)cccc2Cl)noc1-c1cnc(C)nc1C(F)(F)F. The van der Waals surface area contributed by atoms with Crippen molar-refractivity contribution < 1.29 is 27.2 Å². The zero-order valence-corrected chi connectivity index (χ0v) is 15.8. The number of methoxy groups -OCH3 is 1. The van der Waals surface area contributed by atoms with Gasteiger partial charge in [-0.3, -0.25) is 0 Å². The number of halogens is 5. The summed E-state index contributed by atoms with van der Waals surface area (Å²) >= 11 is 12.3. The first kappa shape index (κ1) is 20.1. The Bertz CT molecular complexity index is 1050. The Labute approximate surface area is 166 Å². The van der Waals surface area contributed by atoms with E-state index in [4.69, 9.17) is 32.5 Å². The monoisotopic (exact) mass is 431 g/mol. The Balaban J connectivity index is 2.34. The predicted molar refractivity (Wildman–Crippen MR) is 94.1 cm³/mol. The quantitative estimate of drug-likeness (QED) is 0.529. The van der Waals surface area contributed by atoms with E-state index in [1.807, 2.05) is 0 Å². The summed E-state index contributed by atoms with van der Waals surface area (Å²) < 4.78 is 50.2. The molecule has 0 N–H and O–H groups in total. The lowest BCUT2D eigenvalue weighted by Crippen LogP contribution is -2.13. The molecule has 0 saturated carbocycles. The maximum atomic E-state index is 13.5. The highest BCUT2D eigenvalue weighted by molar-refractivity contribution is 6.39. The molecule has 11 heteroatoms. The standard InChI is InChI=1S/C17H10Cl2F3N3O3/c1-7-23-6-8(15(24-7)17(20,21)22)14-12(16(26)27-2)13(25-28-14)11-9(18)4-3-5-10(11)19/h3-6H,1-2H3. The maximum Gasteiger partial charge on any atom is 0.434 e. The Morgan fingerprint density at radius 1 is 1.21 bits per heavy atom. The second-order valence-electron chi connectivity index (χ2n) is 5.50. The van der Waals surface area contributed by atoms with Crippen molar-refractivity contribution in [3.05, 3.63) is 51.5 Å². The topological polar surface area (TPSA) is 78.1 Å². The lowest BCUT2D eigenvalue weighted by Gasteiger charge is -2.11. The van der Waals surface area contributed by atoms with Gasteiger partial charge in [0.05, 0.1) is 22.7 Å². The van der Waals surface area contributed by atoms with Crippen molar-refractivity contribution >= 4 is 29.2 Å². The number of hydrogen-bond acceptors (Lipinski definition) is 6. The van der Waals surface area contributed by atoms with E-state index in [9.17, 15) is 18.0 Å². The average molecular weight is 432 g/mol. The molecule has 0 spiro atoms. The number of aryl methyl sites for hydroxylation is 1. The molecular weight excluding hydrogens is 422 g/mol. The van der Waals surface area contributed by atoms with Crippen molar-refractivity contribution in [1.29, 1.82) is 0 Å². The largest absolute Gasteiger partial charge is 0.465 e. The van der Waals surface area contributed by atoms with E-state index in [0.717, 1.165) is 13.3 Å². The Morgan fingerprint density at radius 3 is 2.43 bits per heavy atom. The molecule has 2 aromatic heterocycles. The van der Waals surface area contributed by atoms with Gasteiger partial charge in [-0.2, -0.15) is 13.2 Å². The molecular formula is C17H10Cl2F3N3O3. The van der Waals surface area contributed by atoms with E-state index in [1.165, 1.54) is 19.1 Å². The summed E-state index contributed by atoms with van der Waals surface area (Å²) in [4.78, 5) is 19.6. The van der Waals surface area contributed by atoms with Gasteiger partial charge in [0.15, 0.2) is 11.5 Å². The van der Waals surface area contributed by atoms with Crippen molar-refractivity contribution in [2.75, 3.05) is 7.11 Å². The molecule has 3 rings (SSSR count). The first-order valence-electron chi connectivity index (χ1n) is 7.58. The second-order valence-corrected chi connectivity index (χ2v) is 6.32. The molecule has 0 fully saturated rings. The van der Waals surface area contributed by atoms with E-state index in [2.05, 4.69) is 15.1 Å². The van der Waals surface area contributed by atoms with Gasteiger partial charge in [-0.15, -0.1) is 0 Å². The minimum Gasteiger partial charge on any atom is -0.465 e. The third-order valence-electron chi connectivity index (χ3n) is 3.70. The van der Waals surface area contributed by atoms with E-state index in [0.29, 0.717) is 0 Å². The minimum absolute atomic E-state index is 0.107. The van der Waals surface area contributed by atoms with Gasteiger partial charge in [0.1, 0.15) is 17.1 Å². The van der Waals surface area contributed by atoms with E-state index in [-0.39, 0.29) is 32.7 Å². The predicted octanol–water partition coefficient (Wildman–Crippen LogP) is 5.22. The Hall–Kier alpha value is -2.65. The number of nitrogens with zero attached hydrogens (tertiary/aromatic N) is 3. The van der Waals surface area contributed by atoms with Crippen LogP contribution in [0.1, 0.15) is 21.9 Å². The lowest BCUT2D eigenvalue weighted by molar-refractivity contribution is -0.140. The number of rotatable bonds is 3. The molecule has 0 unspecified atom stereocenters. The van der Waals surface area contributed by atoms with Crippen LogP contribution in [0.25, 0.3) is 22.6 Å². The fourth-order valence-corrected chi connectivity index (χ4v) is 3.09. The molecule has 0 amide bonds. The van der Waals surface area contributed by atoms with Crippen LogP contribution in [-0.4, -0.2) is 28.2 Å². The molecule has 28 heavy (non-hydrogen) atoms. The molecule has 0 aliphatic rings. The number of esters is 1. The van der Waals surface area contributed by atoms with E-state index < -0.39 is 29.2 Å². The van der Waals surface area contributed by atoms with Crippen LogP contribution in [0.4, 0.5) is 13.2 Å². The number of benzene rings is 1. The third kappa shape index (κ3) is 3.55. The first-order chi connectivity index (χ1) is 13.1. The molecule has 2 heterocycles. The molecule has 0 radical (unpaired) electrons. The maximum absolute atomic E-state index is 13.5. The Kier molecular flexibility index (Phi) is 5.31. The lowest BCUT2D eigenvalue weighted by atomic mass is 10.0. The molecule has 0 bridgehead atoms. The zero-order chi connectivity index (χ0) is 20.6. The minimum atomic E-state index is -4.83. The number of alkyl halides is 3. The smallest absolute Gasteiger partial charge is 0.434 e. The van der Waals surface area contributed by atoms with Crippen LogP contribution in [-0.2, 0) is 10.9 Å². The summed E-state index contributed by atoms with van der Waals surface area (Å²) in [6, 6.07) is 4.52. The van der Waals surface area contributed by atoms with Crippen LogP contribution < -0.4 is 0 Å². The van der Waals surface area contributed by atoms with Gasteiger partial charge < -0.3 is 9.26 Å². The van der Waals surface area contributed by atoms with Gasteiger partial charge in [0, 0.05) is 11.8 Å². The molecule has 1 aromatic carbocycles. The van der Waals surface area contributed by atoms with Crippen LogP contribution in [0, 0.1) is 6.92 Å². The van der Waals surface area contributed by atoms with Gasteiger partial charge in [-0.25, -0.2) is 14.8 Å². The average Bonchev–Trinajstić information content (AvgIpc) is 3.04. The summed E-state index contributed by atoms with van der Waals surface area (Å²) in [6.45, 7) is 1.30. The van der Waals surface area contributed by atoms with Gasteiger partial charge in [0.2, 0.25) is 0 Å². The Morgan fingerprint density at radius 2 is 1.86 bits per heavy atom. The molecule has 0 atom stereocenters. The third-order valence-corrected chi connectivity index (χ3v) is 4.33. The number of carbonyl (C=O) groups is 1. The molecule has 3 aromatic rings. The zero-order valence-electron chi connectivity index (χ0n) is 14.3. The summed E-state index contributed by atoms with van der Waals surface area (Å²) in [7, 11) is 1.06. The van der Waals surface area contributed by atoms with Crippen LogP contribution in [0.2, 0.25) is 10.0 Å².